The molecule has 0 aliphatic carbocycles. The van der Waals surface area contributed by atoms with Crippen molar-refractivity contribution in [1.29, 1.82) is 0 Å². The van der Waals surface area contributed by atoms with Crippen LogP contribution >= 0.6 is 0 Å². The van der Waals surface area contributed by atoms with Crippen molar-refractivity contribution in [3.05, 3.63) is 41.5 Å². The molecule has 1 N–H and O–H groups in total. The third-order valence-electron chi connectivity index (χ3n) is 2.90. The maximum atomic E-state index is 12.7. The lowest BCUT2D eigenvalue weighted by Crippen LogP contribution is -2.10. The highest BCUT2D eigenvalue weighted by atomic mass is 19.4. The Kier molecular flexibility index (Phi) is 4.75. The van der Waals surface area contributed by atoms with Crippen LogP contribution in [-0.4, -0.2) is 10.9 Å². The minimum absolute atomic E-state index is 0.0288. The number of ketones is 1. The van der Waals surface area contributed by atoms with E-state index in [4.69, 9.17) is 0 Å². The van der Waals surface area contributed by atoms with E-state index >= 15 is 0 Å². The van der Waals surface area contributed by atoms with Crippen LogP contribution in [0.5, 0.6) is 5.75 Å². The molecule has 1 aromatic rings. The van der Waals surface area contributed by atoms with E-state index in [2.05, 4.69) is 6.58 Å². The monoisotopic (exact) mass is 272 g/mol. The SMILES string of the molecule is C=CCC(=O)CCc1c(O)ccc(C(F)(F)F)c1C. The number of carbonyl (C=O) groups excluding carboxylic acids is 1. The molecule has 5 heteroatoms. The summed E-state index contributed by atoms with van der Waals surface area (Å²) in [5, 5.41) is 9.63. The van der Waals surface area contributed by atoms with Gasteiger partial charge in [0.1, 0.15) is 11.5 Å². The molecule has 0 radical (unpaired) electrons. The van der Waals surface area contributed by atoms with Crippen molar-refractivity contribution in [3.8, 4) is 5.75 Å². The fourth-order valence-electron chi connectivity index (χ4n) is 1.89. The van der Waals surface area contributed by atoms with Gasteiger partial charge in [-0.25, -0.2) is 0 Å². The zero-order chi connectivity index (χ0) is 14.6. The van der Waals surface area contributed by atoms with Crippen LogP contribution in [0.1, 0.15) is 29.5 Å². The summed E-state index contributed by atoms with van der Waals surface area (Å²) in [6.45, 7) is 4.72. The average molecular weight is 272 g/mol. The highest BCUT2D eigenvalue weighted by Crippen LogP contribution is 2.36. The lowest BCUT2D eigenvalue weighted by atomic mass is 9.96. The molecule has 0 unspecified atom stereocenters. The summed E-state index contributed by atoms with van der Waals surface area (Å²) in [5.74, 6) is -0.330. The molecular weight excluding hydrogens is 257 g/mol. The van der Waals surface area contributed by atoms with Crippen molar-refractivity contribution >= 4 is 5.78 Å². The number of alkyl halides is 3. The van der Waals surface area contributed by atoms with Crippen molar-refractivity contribution in [2.45, 2.75) is 32.4 Å². The number of allylic oxidation sites excluding steroid dienone is 1. The molecule has 19 heavy (non-hydrogen) atoms. The Bertz CT molecular complexity index is 490. The first-order valence-electron chi connectivity index (χ1n) is 5.78. The summed E-state index contributed by atoms with van der Waals surface area (Å²) in [6.07, 6.45) is -2.66. The minimum Gasteiger partial charge on any atom is -0.508 e. The molecule has 0 spiro atoms. The van der Waals surface area contributed by atoms with E-state index in [-0.39, 0.29) is 41.9 Å². The number of phenolic OH excluding ortho intramolecular Hbond substituents is 1. The van der Waals surface area contributed by atoms with Gasteiger partial charge in [0, 0.05) is 12.8 Å². The molecule has 0 aromatic heterocycles. The predicted octanol–water partition coefficient (Wildman–Crippen LogP) is 3.80. The first-order chi connectivity index (χ1) is 8.77. The second-order valence-electron chi connectivity index (χ2n) is 4.27. The number of phenols is 1. The molecule has 0 aliphatic rings. The largest absolute Gasteiger partial charge is 0.508 e. The van der Waals surface area contributed by atoms with Gasteiger partial charge in [-0.2, -0.15) is 13.2 Å². The summed E-state index contributed by atoms with van der Waals surface area (Å²) in [5.41, 5.74) is -0.636. The smallest absolute Gasteiger partial charge is 0.416 e. The van der Waals surface area contributed by atoms with E-state index in [9.17, 15) is 23.1 Å². The molecule has 0 saturated carbocycles. The molecule has 0 amide bonds. The van der Waals surface area contributed by atoms with Gasteiger partial charge in [-0.3, -0.25) is 4.79 Å². The lowest BCUT2D eigenvalue weighted by Gasteiger charge is -2.15. The Balaban J connectivity index is 3.00. The van der Waals surface area contributed by atoms with Gasteiger partial charge in [0.05, 0.1) is 5.56 Å². The Morgan fingerprint density at radius 3 is 2.58 bits per heavy atom. The highest BCUT2D eigenvalue weighted by Gasteiger charge is 2.33. The van der Waals surface area contributed by atoms with E-state index in [1.54, 1.807) is 0 Å². The van der Waals surface area contributed by atoms with Gasteiger partial charge in [-0.15, -0.1) is 6.58 Å². The maximum absolute atomic E-state index is 12.7. The number of benzene rings is 1. The molecule has 0 aliphatic heterocycles. The van der Waals surface area contributed by atoms with E-state index in [1.807, 2.05) is 0 Å². The Morgan fingerprint density at radius 2 is 2.05 bits per heavy atom. The fraction of sp³-hybridized carbons (Fsp3) is 0.357. The predicted molar refractivity (Wildman–Crippen MR) is 66.0 cm³/mol. The van der Waals surface area contributed by atoms with E-state index in [0.29, 0.717) is 0 Å². The van der Waals surface area contributed by atoms with Crippen molar-refractivity contribution in [2.24, 2.45) is 0 Å². The number of hydrogen-bond acceptors (Lipinski definition) is 2. The molecule has 0 saturated heterocycles. The maximum Gasteiger partial charge on any atom is 0.416 e. The van der Waals surface area contributed by atoms with Gasteiger partial charge in [0.15, 0.2) is 0 Å². The zero-order valence-corrected chi connectivity index (χ0v) is 10.5. The van der Waals surface area contributed by atoms with E-state index in [0.717, 1.165) is 12.1 Å². The fourth-order valence-corrected chi connectivity index (χ4v) is 1.89. The van der Waals surface area contributed by atoms with Crippen LogP contribution in [0.15, 0.2) is 24.8 Å². The third-order valence-corrected chi connectivity index (χ3v) is 2.90. The second kappa shape index (κ2) is 5.91. The van der Waals surface area contributed by atoms with E-state index < -0.39 is 11.7 Å². The van der Waals surface area contributed by atoms with Gasteiger partial charge in [-0.1, -0.05) is 6.08 Å². The summed E-state index contributed by atoms with van der Waals surface area (Å²) < 4.78 is 38.2. The van der Waals surface area contributed by atoms with Gasteiger partial charge in [0.25, 0.3) is 0 Å². The number of halogens is 3. The number of carbonyl (C=O) groups is 1. The minimum atomic E-state index is -4.46. The van der Waals surface area contributed by atoms with Gasteiger partial charge in [0.2, 0.25) is 0 Å². The van der Waals surface area contributed by atoms with Gasteiger partial charge in [-0.05, 0) is 36.6 Å². The number of rotatable bonds is 5. The van der Waals surface area contributed by atoms with Crippen LogP contribution in [0.4, 0.5) is 13.2 Å². The summed E-state index contributed by atoms with van der Waals surface area (Å²) in [4.78, 5) is 11.3. The molecule has 1 aromatic carbocycles. The molecular formula is C14H15F3O2. The summed E-state index contributed by atoms with van der Waals surface area (Å²) >= 11 is 0. The summed E-state index contributed by atoms with van der Waals surface area (Å²) in [7, 11) is 0. The van der Waals surface area contributed by atoms with Crippen LogP contribution in [0.3, 0.4) is 0 Å². The second-order valence-corrected chi connectivity index (χ2v) is 4.27. The van der Waals surface area contributed by atoms with Crippen LogP contribution in [0.2, 0.25) is 0 Å². The number of hydrogen-bond donors (Lipinski definition) is 1. The molecule has 0 fully saturated rings. The normalized spacial score (nSPS) is 11.4. The van der Waals surface area contributed by atoms with Crippen molar-refractivity contribution in [2.75, 3.05) is 0 Å². The van der Waals surface area contributed by atoms with Crippen molar-refractivity contribution in [1.82, 2.24) is 0 Å². The quantitative estimate of drug-likeness (QED) is 0.828. The van der Waals surface area contributed by atoms with Crippen LogP contribution in [-0.2, 0) is 17.4 Å². The lowest BCUT2D eigenvalue weighted by molar-refractivity contribution is -0.138. The van der Waals surface area contributed by atoms with Crippen molar-refractivity contribution < 1.29 is 23.1 Å². The number of Topliss-reactive ketones (excluding diaryl/α,β-unsaturated/α-hetero) is 1. The Labute approximate surface area is 109 Å². The first kappa shape index (κ1) is 15.3. The Hall–Kier alpha value is -1.78. The summed E-state index contributed by atoms with van der Waals surface area (Å²) in [6, 6.07) is 1.86. The Morgan fingerprint density at radius 1 is 1.42 bits per heavy atom. The topological polar surface area (TPSA) is 37.3 Å². The molecule has 0 atom stereocenters. The van der Waals surface area contributed by atoms with Crippen LogP contribution in [0.25, 0.3) is 0 Å². The first-order valence-corrected chi connectivity index (χ1v) is 5.78. The van der Waals surface area contributed by atoms with Crippen LogP contribution in [0, 0.1) is 6.92 Å². The molecule has 0 heterocycles. The highest BCUT2D eigenvalue weighted by molar-refractivity contribution is 5.80. The molecule has 104 valence electrons. The van der Waals surface area contributed by atoms with Gasteiger partial charge < -0.3 is 5.11 Å². The molecule has 0 bridgehead atoms. The average Bonchev–Trinajstić information content (AvgIpc) is 2.27. The molecule has 2 nitrogen and oxygen atoms in total. The standard InChI is InChI=1S/C14H15F3O2/c1-3-4-10(18)5-6-11-9(2)12(14(15,16)17)7-8-13(11)19/h3,7-8,19H,1,4-6H2,2H3. The van der Waals surface area contributed by atoms with Crippen molar-refractivity contribution in [3.63, 3.8) is 0 Å². The zero-order valence-electron chi connectivity index (χ0n) is 10.5. The van der Waals surface area contributed by atoms with E-state index in [1.165, 1.54) is 13.0 Å². The molecule has 1 rings (SSSR count). The van der Waals surface area contributed by atoms with Crippen LogP contribution < -0.4 is 0 Å². The van der Waals surface area contributed by atoms with Gasteiger partial charge >= 0.3 is 6.18 Å². The third kappa shape index (κ3) is 3.84. The number of aromatic hydroxyl groups is 1.